The third kappa shape index (κ3) is 2.81. The van der Waals surface area contributed by atoms with Crippen LogP contribution < -0.4 is 0 Å². The largest absolute Gasteiger partial charge is 0.197 e. The number of aromatic nitrogens is 3. The topological polar surface area (TPSA) is 41.6 Å². The zero-order valence-electron chi connectivity index (χ0n) is 10.9. The van der Waals surface area contributed by atoms with Crippen molar-refractivity contribution < 1.29 is 0 Å². The molecule has 3 nitrogen and oxygen atoms in total. The molecule has 1 fully saturated rings. The van der Waals surface area contributed by atoms with Crippen LogP contribution in [-0.2, 0) is 6.42 Å². The Balaban J connectivity index is 1.82. The Morgan fingerprint density at radius 2 is 2.11 bits per heavy atom. The number of benzene rings is 1. The average molecular weight is 276 g/mol. The van der Waals surface area contributed by atoms with Gasteiger partial charge in [0, 0.05) is 10.6 Å². The molecule has 0 spiro atoms. The average Bonchev–Trinajstić information content (AvgIpc) is 3.10. The minimum Gasteiger partial charge on any atom is -0.197 e. The maximum absolute atomic E-state index is 6.37. The summed E-state index contributed by atoms with van der Waals surface area (Å²) in [6, 6.07) is 6.02. The molecule has 4 heteroatoms. The normalized spacial score (nSPS) is 16.1. The molecule has 1 aromatic heterocycles. The molecule has 0 aliphatic heterocycles. The third-order valence-electron chi connectivity index (χ3n) is 4.09. The molecule has 0 bridgehead atoms. The second kappa shape index (κ2) is 5.74. The van der Waals surface area contributed by atoms with Crippen molar-refractivity contribution in [2.24, 2.45) is 5.92 Å². The Bertz CT molecular complexity index is 530. The van der Waals surface area contributed by atoms with E-state index in [0.29, 0.717) is 0 Å². The molecule has 0 unspecified atom stereocenters. The van der Waals surface area contributed by atoms with E-state index in [1.807, 2.05) is 12.1 Å². The monoisotopic (exact) mass is 275 g/mol. The molecule has 1 heterocycles. The lowest BCUT2D eigenvalue weighted by Crippen LogP contribution is -1.99. The summed E-state index contributed by atoms with van der Waals surface area (Å²) in [4.78, 5) is 0. The van der Waals surface area contributed by atoms with Crippen LogP contribution in [0.3, 0.4) is 0 Å². The van der Waals surface area contributed by atoms with E-state index in [0.717, 1.165) is 28.6 Å². The van der Waals surface area contributed by atoms with Crippen LogP contribution in [0.15, 0.2) is 24.4 Å². The SMILES string of the molecule is Clc1cccc(-c2cn[nH]n2)c1CCC1CCCC1. The van der Waals surface area contributed by atoms with E-state index < -0.39 is 0 Å². The van der Waals surface area contributed by atoms with Crippen molar-refractivity contribution in [1.29, 1.82) is 0 Å². The van der Waals surface area contributed by atoms with Gasteiger partial charge >= 0.3 is 0 Å². The van der Waals surface area contributed by atoms with Crippen molar-refractivity contribution in [3.8, 4) is 11.3 Å². The second-order valence-corrected chi connectivity index (χ2v) is 5.72. The summed E-state index contributed by atoms with van der Waals surface area (Å²) in [5, 5.41) is 11.6. The molecule has 1 saturated carbocycles. The quantitative estimate of drug-likeness (QED) is 0.906. The second-order valence-electron chi connectivity index (χ2n) is 5.31. The maximum Gasteiger partial charge on any atom is 0.113 e. The lowest BCUT2D eigenvalue weighted by Gasteiger charge is -2.12. The summed E-state index contributed by atoms with van der Waals surface area (Å²) in [7, 11) is 0. The van der Waals surface area contributed by atoms with Gasteiger partial charge in [0.05, 0.1) is 6.20 Å². The number of hydrogen-bond acceptors (Lipinski definition) is 2. The lowest BCUT2D eigenvalue weighted by molar-refractivity contribution is 0.504. The van der Waals surface area contributed by atoms with Gasteiger partial charge < -0.3 is 0 Å². The van der Waals surface area contributed by atoms with Crippen molar-refractivity contribution in [1.82, 2.24) is 15.4 Å². The van der Waals surface area contributed by atoms with Crippen LogP contribution in [0.5, 0.6) is 0 Å². The summed E-state index contributed by atoms with van der Waals surface area (Å²) in [6.45, 7) is 0. The van der Waals surface area contributed by atoms with Gasteiger partial charge in [-0.3, -0.25) is 0 Å². The van der Waals surface area contributed by atoms with Crippen LogP contribution in [0.1, 0.15) is 37.7 Å². The first-order chi connectivity index (χ1) is 9.34. The zero-order valence-corrected chi connectivity index (χ0v) is 11.7. The Hall–Kier alpha value is -1.35. The van der Waals surface area contributed by atoms with Crippen LogP contribution in [0, 0.1) is 5.92 Å². The lowest BCUT2D eigenvalue weighted by atomic mass is 9.94. The Morgan fingerprint density at radius 3 is 2.84 bits per heavy atom. The van der Waals surface area contributed by atoms with Gasteiger partial charge in [0.2, 0.25) is 0 Å². The number of aromatic amines is 1. The van der Waals surface area contributed by atoms with Gasteiger partial charge in [-0.1, -0.05) is 49.4 Å². The van der Waals surface area contributed by atoms with E-state index >= 15 is 0 Å². The molecule has 0 atom stereocenters. The van der Waals surface area contributed by atoms with Gasteiger partial charge in [0.25, 0.3) is 0 Å². The van der Waals surface area contributed by atoms with Crippen LogP contribution in [-0.4, -0.2) is 15.4 Å². The molecule has 0 saturated heterocycles. The Labute approximate surface area is 118 Å². The highest BCUT2D eigenvalue weighted by atomic mass is 35.5. The fourth-order valence-corrected chi connectivity index (χ4v) is 3.30. The fraction of sp³-hybridized carbons (Fsp3) is 0.467. The molecule has 1 N–H and O–H groups in total. The van der Waals surface area contributed by atoms with Crippen molar-refractivity contribution in [2.75, 3.05) is 0 Å². The van der Waals surface area contributed by atoms with E-state index in [9.17, 15) is 0 Å². The molecule has 0 amide bonds. The van der Waals surface area contributed by atoms with Crippen LogP contribution in [0.25, 0.3) is 11.3 Å². The van der Waals surface area contributed by atoms with E-state index in [-0.39, 0.29) is 0 Å². The molecule has 3 rings (SSSR count). The van der Waals surface area contributed by atoms with E-state index in [1.54, 1.807) is 6.20 Å². The standard InChI is InChI=1S/C15H18ClN3/c16-14-7-3-6-13(15-10-17-19-18-15)12(14)9-8-11-4-1-2-5-11/h3,6-7,10-11H,1-2,4-5,8-9H2,(H,17,18,19). The summed E-state index contributed by atoms with van der Waals surface area (Å²) in [5.41, 5.74) is 3.20. The summed E-state index contributed by atoms with van der Waals surface area (Å²) < 4.78 is 0. The van der Waals surface area contributed by atoms with Crippen molar-refractivity contribution >= 4 is 11.6 Å². The van der Waals surface area contributed by atoms with Crippen molar-refractivity contribution in [3.05, 3.63) is 35.0 Å². The molecule has 1 aliphatic rings. The number of H-pyrrole nitrogens is 1. The van der Waals surface area contributed by atoms with E-state index in [1.165, 1.54) is 37.7 Å². The number of nitrogens with zero attached hydrogens (tertiary/aromatic N) is 2. The van der Waals surface area contributed by atoms with Gasteiger partial charge in [-0.05, 0) is 30.4 Å². The highest BCUT2D eigenvalue weighted by molar-refractivity contribution is 6.31. The summed E-state index contributed by atoms with van der Waals surface area (Å²) in [5.74, 6) is 0.876. The summed E-state index contributed by atoms with van der Waals surface area (Å²) in [6.07, 6.45) is 9.56. The highest BCUT2D eigenvalue weighted by Crippen LogP contribution is 2.33. The van der Waals surface area contributed by atoms with Crippen LogP contribution >= 0.6 is 11.6 Å². The van der Waals surface area contributed by atoms with Gasteiger partial charge in [0.15, 0.2) is 0 Å². The van der Waals surface area contributed by atoms with E-state index in [4.69, 9.17) is 11.6 Å². The molecular formula is C15H18ClN3. The Kier molecular flexibility index (Phi) is 3.83. The molecule has 1 aromatic carbocycles. The van der Waals surface area contributed by atoms with Gasteiger partial charge in [-0.2, -0.15) is 15.4 Å². The number of halogens is 1. The highest BCUT2D eigenvalue weighted by Gasteiger charge is 2.17. The number of hydrogen-bond donors (Lipinski definition) is 1. The van der Waals surface area contributed by atoms with Crippen LogP contribution in [0.4, 0.5) is 0 Å². The van der Waals surface area contributed by atoms with Crippen molar-refractivity contribution in [2.45, 2.75) is 38.5 Å². The first-order valence-electron chi connectivity index (χ1n) is 6.98. The third-order valence-corrected chi connectivity index (χ3v) is 4.44. The smallest absolute Gasteiger partial charge is 0.113 e. The number of rotatable bonds is 4. The van der Waals surface area contributed by atoms with Crippen molar-refractivity contribution in [3.63, 3.8) is 0 Å². The predicted molar refractivity (Wildman–Crippen MR) is 77.1 cm³/mol. The van der Waals surface area contributed by atoms with Gasteiger partial charge in [0.1, 0.15) is 5.69 Å². The molecular weight excluding hydrogens is 258 g/mol. The zero-order chi connectivity index (χ0) is 13.1. The molecule has 0 radical (unpaired) electrons. The predicted octanol–water partition coefficient (Wildman–Crippen LogP) is 4.25. The maximum atomic E-state index is 6.37. The molecule has 1 aliphatic carbocycles. The molecule has 19 heavy (non-hydrogen) atoms. The van der Waals surface area contributed by atoms with Crippen LogP contribution in [0.2, 0.25) is 5.02 Å². The fourth-order valence-electron chi connectivity index (χ4n) is 3.03. The molecule has 100 valence electrons. The minimum atomic E-state index is 0.846. The summed E-state index contributed by atoms with van der Waals surface area (Å²) >= 11 is 6.37. The minimum absolute atomic E-state index is 0.846. The number of nitrogens with one attached hydrogen (secondary N) is 1. The van der Waals surface area contributed by atoms with Gasteiger partial charge in [-0.15, -0.1) is 0 Å². The van der Waals surface area contributed by atoms with Gasteiger partial charge in [-0.25, -0.2) is 0 Å². The first kappa shape index (κ1) is 12.7. The van der Waals surface area contributed by atoms with E-state index in [2.05, 4.69) is 21.5 Å². The first-order valence-corrected chi connectivity index (χ1v) is 7.36. The Morgan fingerprint density at radius 1 is 1.26 bits per heavy atom. The molecule has 2 aromatic rings.